The molecule has 406 valence electrons. The highest BCUT2D eigenvalue weighted by Gasteiger charge is 2.17. The van der Waals surface area contributed by atoms with Gasteiger partial charge >= 0.3 is 11.9 Å². The van der Waals surface area contributed by atoms with E-state index in [1.165, 1.54) is 51.4 Å². The van der Waals surface area contributed by atoms with Crippen molar-refractivity contribution in [3.63, 3.8) is 0 Å². The van der Waals surface area contributed by atoms with Crippen molar-refractivity contribution in [1.29, 1.82) is 0 Å². The van der Waals surface area contributed by atoms with Crippen LogP contribution in [0.5, 0.6) is 0 Å². The largest absolute Gasteiger partial charge is 0.462 e. The SMILES string of the molecule is CC/C=C\C/C=C\C/C=C\C/C=C\C/C=C\CCCCCCOCC(COC(=O)CCCCCCCC/C=C\C/C=C\C/C=C\C/C=C\CC)OC(=O)CCCCCCCCC/C=C\C/C=C\C/C=C\CC. The molecule has 0 aromatic rings. The van der Waals surface area contributed by atoms with Crippen molar-refractivity contribution in [3.8, 4) is 0 Å². The fourth-order valence-electron chi connectivity index (χ4n) is 7.60. The maximum absolute atomic E-state index is 12.9. The van der Waals surface area contributed by atoms with E-state index in [1.807, 2.05) is 0 Å². The fraction of sp³-hybridized carbons (Fsp3) is 0.612. The van der Waals surface area contributed by atoms with Crippen LogP contribution in [0.25, 0.3) is 0 Å². The maximum Gasteiger partial charge on any atom is 0.306 e. The first-order valence-corrected chi connectivity index (χ1v) is 29.4. The average Bonchev–Trinajstić information content (AvgIpc) is 3.38. The van der Waals surface area contributed by atoms with Gasteiger partial charge in [0.2, 0.25) is 0 Å². The van der Waals surface area contributed by atoms with Gasteiger partial charge in [0, 0.05) is 19.4 Å². The number of allylic oxidation sites excluding steroid dienone is 24. The molecule has 0 heterocycles. The maximum atomic E-state index is 12.9. The van der Waals surface area contributed by atoms with Crippen LogP contribution >= 0.6 is 0 Å². The first kappa shape index (κ1) is 67.8. The number of esters is 2. The summed E-state index contributed by atoms with van der Waals surface area (Å²) < 4.78 is 17.5. The third-order valence-corrected chi connectivity index (χ3v) is 11.9. The molecule has 5 heteroatoms. The molecule has 0 rings (SSSR count). The first-order chi connectivity index (χ1) is 35.6. The van der Waals surface area contributed by atoms with E-state index < -0.39 is 6.10 Å². The van der Waals surface area contributed by atoms with Crippen LogP contribution in [0.15, 0.2) is 146 Å². The number of carbonyl (C=O) groups excluding carboxylic acids is 2. The molecule has 0 radical (unpaired) electrons. The molecule has 0 spiro atoms. The summed E-state index contributed by atoms with van der Waals surface area (Å²) in [4.78, 5) is 25.6. The second-order valence-electron chi connectivity index (χ2n) is 18.7. The van der Waals surface area contributed by atoms with Gasteiger partial charge in [-0.3, -0.25) is 9.59 Å². The standard InChI is InChI=1S/C67H108O5/c1-4-7-10-13-16-19-22-25-28-31-33-35-38-41-44-47-50-53-56-59-62-70-63-65(72-67(69)61-58-55-52-49-46-43-40-36-30-27-24-21-18-15-12-9-6-3)64-71-66(68)60-57-54-51-48-45-42-39-37-34-32-29-26-23-20-17-14-11-8-5-2/h7-12,16-21,25-30,33-35,37,41,44,65H,4-6,13-15,22-24,31-32,36,38-40,42-43,45-64H2,1-3H3/b10-7-,11-8-,12-9-,19-16-,20-17-,21-18-,28-25-,29-26-,30-27-,35-33-,37-34-,44-41-. The molecular weight excluding hydrogens is 885 g/mol. The lowest BCUT2D eigenvalue weighted by molar-refractivity contribution is -0.163. The Kier molecular flexibility index (Phi) is 57.5. The van der Waals surface area contributed by atoms with Gasteiger partial charge in [0.25, 0.3) is 0 Å². The number of rotatable bonds is 52. The van der Waals surface area contributed by atoms with E-state index in [1.54, 1.807) is 0 Å². The Hall–Kier alpha value is -4.22. The topological polar surface area (TPSA) is 61.8 Å². The highest BCUT2D eigenvalue weighted by Crippen LogP contribution is 2.14. The van der Waals surface area contributed by atoms with Gasteiger partial charge in [-0.15, -0.1) is 0 Å². The van der Waals surface area contributed by atoms with Crippen LogP contribution in [0.3, 0.4) is 0 Å². The van der Waals surface area contributed by atoms with Crippen molar-refractivity contribution in [2.24, 2.45) is 0 Å². The van der Waals surface area contributed by atoms with Gasteiger partial charge in [-0.05, 0) is 135 Å². The van der Waals surface area contributed by atoms with Gasteiger partial charge in [0.15, 0.2) is 6.10 Å². The van der Waals surface area contributed by atoms with E-state index in [0.717, 1.165) is 154 Å². The second kappa shape index (κ2) is 61.1. The summed E-state index contributed by atoms with van der Waals surface area (Å²) in [5.74, 6) is -0.446. The van der Waals surface area contributed by atoms with Crippen LogP contribution in [0.4, 0.5) is 0 Å². The number of hydrogen-bond donors (Lipinski definition) is 0. The summed E-state index contributed by atoms with van der Waals surface area (Å²) >= 11 is 0. The third-order valence-electron chi connectivity index (χ3n) is 11.9. The molecule has 0 aliphatic carbocycles. The number of carbonyl (C=O) groups is 2. The van der Waals surface area contributed by atoms with Gasteiger partial charge in [-0.25, -0.2) is 0 Å². The highest BCUT2D eigenvalue weighted by molar-refractivity contribution is 5.70. The third kappa shape index (κ3) is 58.4. The molecule has 0 aromatic heterocycles. The molecule has 0 bridgehead atoms. The summed E-state index contributed by atoms with van der Waals surface area (Å²) in [7, 11) is 0. The van der Waals surface area contributed by atoms with Crippen molar-refractivity contribution in [3.05, 3.63) is 146 Å². The van der Waals surface area contributed by atoms with Crippen LogP contribution < -0.4 is 0 Å². The van der Waals surface area contributed by atoms with E-state index in [9.17, 15) is 9.59 Å². The smallest absolute Gasteiger partial charge is 0.306 e. The Labute approximate surface area is 444 Å². The fourth-order valence-corrected chi connectivity index (χ4v) is 7.60. The first-order valence-electron chi connectivity index (χ1n) is 29.4. The minimum Gasteiger partial charge on any atom is -0.462 e. The molecule has 0 saturated heterocycles. The molecule has 1 atom stereocenters. The van der Waals surface area contributed by atoms with Crippen molar-refractivity contribution in [2.45, 2.75) is 245 Å². The van der Waals surface area contributed by atoms with Gasteiger partial charge in [-0.2, -0.15) is 0 Å². The Morgan fingerprint density at radius 2 is 0.583 bits per heavy atom. The lowest BCUT2D eigenvalue weighted by atomic mass is 10.1. The molecule has 0 fully saturated rings. The van der Waals surface area contributed by atoms with Crippen molar-refractivity contribution in [1.82, 2.24) is 0 Å². The summed E-state index contributed by atoms with van der Waals surface area (Å²) in [5.41, 5.74) is 0. The van der Waals surface area contributed by atoms with Gasteiger partial charge in [0.05, 0.1) is 6.61 Å². The number of ether oxygens (including phenoxy) is 3. The summed E-state index contributed by atoms with van der Waals surface area (Å²) in [6.07, 6.45) is 88.7. The molecule has 0 aliphatic heterocycles. The normalized spacial score (nSPS) is 13.3. The van der Waals surface area contributed by atoms with Crippen LogP contribution in [-0.2, 0) is 23.8 Å². The molecule has 1 unspecified atom stereocenters. The Morgan fingerprint density at radius 3 is 0.931 bits per heavy atom. The molecule has 0 saturated carbocycles. The molecule has 72 heavy (non-hydrogen) atoms. The Morgan fingerprint density at radius 1 is 0.306 bits per heavy atom. The van der Waals surface area contributed by atoms with Crippen molar-refractivity contribution < 1.29 is 23.8 Å². The van der Waals surface area contributed by atoms with Gasteiger partial charge in [-0.1, -0.05) is 237 Å². The van der Waals surface area contributed by atoms with Crippen molar-refractivity contribution >= 4 is 11.9 Å². The second-order valence-corrected chi connectivity index (χ2v) is 18.7. The minimum absolute atomic E-state index is 0.0532. The summed E-state index contributed by atoms with van der Waals surface area (Å²) in [6.45, 7) is 7.40. The monoisotopic (exact) mass is 993 g/mol. The lowest BCUT2D eigenvalue weighted by Crippen LogP contribution is -2.30. The van der Waals surface area contributed by atoms with Crippen LogP contribution in [0.1, 0.15) is 239 Å². The van der Waals surface area contributed by atoms with Crippen LogP contribution in [0.2, 0.25) is 0 Å². The summed E-state index contributed by atoms with van der Waals surface area (Å²) in [5, 5.41) is 0. The van der Waals surface area contributed by atoms with Crippen LogP contribution in [-0.4, -0.2) is 37.9 Å². The van der Waals surface area contributed by atoms with Gasteiger partial charge < -0.3 is 14.2 Å². The molecule has 0 N–H and O–H groups in total. The minimum atomic E-state index is -0.574. The zero-order chi connectivity index (χ0) is 52.0. The average molecular weight is 994 g/mol. The van der Waals surface area contributed by atoms with Crippen LogP contribution in [0, 0.1) is 0 Å². The van der Waals surface area contributed by atoms with E-state index >= 15 is 0 Å². The zero-order valence-corrected chi connectivity index (χ0v) is 46.6. The molecule has 0 aromatic carbocycles. The Balaban J connectivity index is 4.42. The number of hydrogen-bond acceptors (Lipinski definition) is 5. The summed E-state index contributed by atoms with van der Waals surface area (Å²) in [6, 6.07) is 0. The van der Waals surface area contributed by atoms with Gasteiger partial charge in [0.1, 0.15) is 6.61 Å². The number of unbranched alkanes of at least 4 members (excludes halogenated alkanes) is 17. The molecular formula is C67H108O5. The molecule has 0 aliphatic rings. The quantitative estimate of drug-likeness (QED) is 0.0345. The molecule has 0 amide bonds. The predicted molar refractivity (Wildman–Crippen MR) is 315 cm³/mol. The van der Waals surface area contributed by atoms with Crippen molar-refractivity contribution in [2.75, 3.05) is 19.8 Å². The predicted octanol–water partition coefficient (Wildman–Crippen LogP) is 20.5. The molecule has 5 nitrogen and oxygen atoms in total. The van der Waals surface area contributed by atoms with E-state index in [2.05, 4.69) is 167 Å². The van der Waals surface area contributed by atoms with E-state index in [-0.39, 0.29) is 25.2 Å². The Bertz CT molecular complexity index is 1540. The zero-order valence-electron chi connectivity index (χ0n) is 46.6. The lowest BCUT2D eigenvalue weighted by Gasteiger charge is -2.18. The van der Waals surface area contributed by atoms with E-state index in [4.69, 9.17) is 14.2 Å². The highest BCUT2D eigenvalue weighted by atomic mass is 16.6. The van der Waals surface area contributed by atoms with E-state index in [0.29, 0.717) is 19.4 Å².